The van der Waals surface area contributed by atoms with Gasteiger partial charge in [-0.1, -0.05) is 32.4 Å². The van der Waals surface area contributed by atoms with Crippen LogP contribution in [-0.2, 0) is 4.74 Å². The van der Waals surface area contributed by atoms with E-state index in [4.69, 9.17) is 5.11 Å². The lowest BCUT2D eigenvalue weighted by Gasteiger charge is -2.14. The van der Waals surface area contributed by atoms with Crippen LogP contribution in [0.1, 0.15) is 32.1 Å². The van der Waals surface area contributed by atoms with Crippen LogP contribution < -0.4 is 0 Å². The standard InChI is InChI=1S/C6H12O.C4H6O/c7-6-4-2-1-3-5-6;1-3-5-4-2/h6-7H,1-5H2;3-4H,1-2H2. The summed E-state index contributed by atoms with van der Waals surface area (Å²) in [4.78, 5) is 0. The molecule has 0 aromatic rings. The maximum Gasteiger partial charge on any atom is 0.0829 e. The van der Waals surface area contributed by atoms with E-state index in [2.05, 4.69) is 17.9 Å². The maximum atomic E-state index is 8.91. The van der Waals surface area contributed by atoms with Crippen LogP contribution >= 0.6 is 0 Å². The van der Waals surface area contributed by atoms with E-state index in [0.29, 0.717) is 0 Å². The predicted molar refractivity (Wildman–Crippen MR) is 50.6 cm³/mol. The summed E-state index contributed by atoms with van der Waals surface area (Å²) in [6.07, 6.45) is 8.55. The molecule has 0 bridgehead atoms. The van der Waals surface area contributed by atoms with Crippen molar-refractivity contribution < 1.29 is 9.84 Å². The fourth-order valence-corrected chi connectivity index (χ4v) is 1.15. The average molecular weight is 170 g/mol. The molecule has 0 radical (unpaired) electrons. The summed E-state index contributed by atoms with van der Waals surface area (Å²) < 4.78 is 4.36. The number of aliphatic hydroxyl groups excluding tert-OH is 1. The monoisotopic (exact) mass is 170 g/mol. The normalized spacial score (nSPS) is 17.1. The lowest BCUT2D eigenvalue weighted by Crippen LogP contribution is -2.09. The highest BCUT2D eigenvalue weighted by Crippen LogP contribution is 2.16. The highest BCUT2D eigenvalue weighted by Gasteiger charge is 2.07. The predicted octanol–water partition coefficient (Wildman–Crippen LogP) is 2.60. The fourth-order valence-electron chi connectivity index (χ4n) is 1.15. The Hall–Kier alpha value is -0.760. The molecular weight excluding hydrogens is 152 g/mol. The van der Waals surface area contributed by atoms with E-state index >= 15 is 0 Å². The molecule has 1 aliphatic carbocycles. The van der Waals surface area contributed by atoms with Crippen LogP contribution in [0, 0.1) is 0 Å². The van der Waals surface area contributed by atoms with Gasteiger partial charge in [0.15, 0.2) is 0 Å². The van der Waals surface area contributed by atoms with Crippen molar-refractivity contribution in [2.75, 3.05) is 0 Å². The molecule has 0 aliphatic heterocycles. The molecule has 0 saturated heterocycles. The van der Waals surface area contributed by atoms with E-state index in [1.807, 2.05) is 0 Å². The second-order valence-electron chi connectivity index (χ2n) is 2.76. The van der Waals surface area contributed by atoms with Crippen molar-refractivity contribution in [3.63, 3.8) is 0 Å². The van der Waals surface area contributed by atoms with Crippen LogP contribution in [0.2, 0.25) is 0 Å². The van der Waals surface area contributed by atoms with Crippen molar-refractivity contribution >= 4 is 0 Å². The van der Waals surface area contributed by atoms with Gasteiger partial charge in [0, 0.05) is 0 Å². The molecule has 12 heavy (non-hydrogen) atoms. The van der Waals surface area contributed by atoms with Crippen LogP contribution in [0.3, 0.4) is 0 Å². The Morgan fingerprint density at radius 1 is 1.08 bits per heavy atom. The van der Waals surface area contributed by atoms with E-state index in [1.165, 1.54) is 31.8 Å². The number of rotatable bonds is 2. The summed E-state index contributed by atoms with van der Waals surface area (Å²) in [5.41, 5.74) is 0. The zero-order valence-corrected chi connectivity index (χ0v) is 7.54. The van der Waals surface area contributed by atoms with Gasteiger partial charge >= 0.3 is 0 Å². The Morgan fingerprint density at radius 3 is 1.75 bits per heavy atom. The smallest absolute Gasteiger partial charge is 0.0829 e. The number of aliphatic hydroxyl groups is 1. The molecule has 0 aromatic heterocycles. The summed E-state index contributed by atoms with van der Waals surface area (Å²) in [5.74, 6) is 0. The van der Waals surface area contributed by atoms with Gasteiger partial charge < -0.3 is 9.84 Å². The molecule has 70 valence electrons. The molecule has 1 saturated carbocycles. The van der Waals surface area contributed by atoms with E-state index in [1.54, 1.807) is 0 Å². The SMILES string of the molecule is C=COC=C.OC1CCCCC1. The minimum Gasteiger partial charge on any atom is -0.474 e. The van der Waals surface area contributed by atoms with Crippen molar-refractivity contribution in [1.82, 2.24) is 0 Å². The fraction of sp³-hybridized carbons (Fsp3) is 0.600. The number of ether oxygens (including phenoxy) is 1. The van der Waals surface area contributed by atoms with Gasteiger partial charge in [0.2, 0.25) is 0 Å². The zero-order chi connectivity index (χ0) is 9.23. The lowest BCUT2D eigenvalue weighted by atomic mass is 9.98. The molecule has 2 heteroatoms. The first-order valence-corrected chi connectivity index (χ1v) is 4.36. The van der Waals surface area contributed by atoms with Crippen LogP contribution in [0.25, 0.3) is 0 Å². The molecule has 0 unspecified atom stereocenters. The highest BCUT2D eigenvalue weighted by atomic mass is 16.5. The molecule has 1 N–H and O–H groups in total. The van der Waals surface area contributed by atoms with Crippen molar-refractivity contribution in [2.24, 2.45) is 0 Å². The van der Waals surface area contributed by atoms with Crippen LogP contribution in [0.5, 0.6) is 0 Å². The lowest BCUT2D eigenvalue weighted by molar-refractivity contribution is 0.130. The summed E-state index contributed by atoms with van der Waals surface area (Å²) in [6.45, 7) is 6.51. The molecular formula is C10H18O2. The zero-order valence-electron chi connectivity index (χ0n) is 7.54. The first kappa shape index (κ1) is 11.2. The van der Waals surface area contributed by atoms with Gasteiger partial charge in [-0.3, -0.25) is 0 Å². The van der Waals surface area contributed by atoms with Gasteiger partial charge in [0.05, 0.1) is 18.6 Å². The van der Waals surface area contributed by atoms with Crippen LogP contribution in [-0.4, -0.2) is 11.2 Å². The van der Waals surface area contributed by atoms with E-state index in [9.17, 15) is 0 Å². The molecule has 0 aromatic carbocycles. The van der Waals surface area contributed by atoms with E-state index in [0.717, 1.165) is 12.8 Å². The molecule has 0 heterocycles. The third-order valence-electron chi connectivity index (χ3n) is 1.77. The Bertz CT molecular complexity index is 109. The van der Waals surface area contributed by atoms with Crippen molar-refractivity contribution in [2.45, 2.75) is 38.2 Å². The summed E-state index contributed by atoms with van der Waals surface area (Å²) in [6, 6.07) is 0. The van der Waals surface area contributed by atoms with Gasteiger partial charge in [0.1, 0.15) is 0 Å². The first-order chi connectivity index (χ1) is 5.81. The topological polar surface area (TPSA) is 29.5 Å². The molecule has 1 rings (SSSR count). The molecule has 0 spiro atoms. The Morgan fingerprint density at radius 2 is 1.58 bits per heavy atom. The largest absolute Gasteiger partial charge is 0.474 e. The van der Waals surface area contributed by atoms with Crippen molar-refractivity contribution in [3.8, 4) is 0 Å². The minimum absolute atomic E-state index is 0.0359. The first-order valence-electron chi connectivity index (χ1n) is 4.36. The van der Waals surface area contributed by atoms with Gasteiger partial charge in [-0.05, 0) is 12.8 Å². The van der Waals surface area contributed by atoms with Gasteiger partial charge in [-0.2, -0.15) is 0 Å². The average Bonchev–Trinajstić information content (AvgIpc) is 2.08. The van der Waals surface area contributed by atoms with Crippen LogP contribution in [0.4, 0.5) is 0 Å². The number of hydrogen-bond donors (Lipinski definition) is 1. The summed E-state index contributed by atoms with van der Waals surface area (Å²) in [5, 5.41) is 8.91. The second-order valence-corrected chi connectivity index (χ2v) is 2.76. The Balaban J connectivity index is 0.000000217. The highest BCUT2D eigenvalue weighted by molar-refractivity contribution is 4.61. The van der Waals surface area contributed by atoms with E-state index in [-0.39, 0.29) is 6.10 Å². The summed E-state index contributed by atoms with van der Waals surface area (Å²) in [7, 11) is 0. The molecule has 0 atom stereocenters. The van der Waals surface area contributed by atoms with Crippen molar-refractivity contribution in [1.29, 1.82) is 0 Å². The minimum atomic E-state index is 0.0359. The third-order valence-corrected chi connectivity index (χ3v) is 1.77. The number of hydrogen-bond acceptors (Lipinski definition) is 2. The van der Waals surface area contributed by atoms with Crippen molar-refractivity contribution in [3.05, 3.63) is 25.7 Å². The summed E-state index contributed by atoms with van der Waals surface area (Å²) >= 11 is 0. The molecule has 1 fully saturated rings. The van der Waals surface area contributed by atoms with Crippen LogP contribution in [0.15, 0.2) is 25.7 Å². The van der Waals surface area contributed by atoms with E-state index < -0.39 is 0 Å². The molecule has 2 nitrogen and oxygen atoms in total. The maximum absolute atomic E-state index is 8.91. The van der Waals surface area contributed by atoms with Gasteiger partial charge in [-0.15, -0.1) is 0 Å². The molecule has 1 aliphatic rings. The Labute approximate surface area is 74.6 Å². The molecule has 0 amide bonds. The third kappa shape index (κ3) is 7.35. The second kappa shape index (κ2) is 8.34. The Kier molecular flexibility index (Phi) is 7.81. The van der Waals surface area contributed by atoms with Gasteiger partial charge in [-0.25, -0.2) is 0 Å². The van der Waals surface area contributed by atoms with Gasteiger partial charge in [0.25, 0.3) is 0 Å². The quantitative estimate of drug-likeness (QED) is 0.645.